The number of hydrogen-bond acceptors (Lipinski definition) is 6. The van der Waals surface area contributed by atoms with Crippen molar-refractivity contribution in [3.8, 4) is 0 Å². The summed E-state index contributed by atoms with van der Waals surface area (Å²) in [6.07, 6.45) is 0.597. The Hall–Kier alpha value is -3.15. The van der Waals surface area contributed by atoms with Crippen molar-refractivity contribution in [1.29, 1.82) is 0 Å². The van der Waals surface area contributed by atoms with Crippen molar-refractivity contribution in [1.82, 2.24) is 19.5 Å². The third kappa shape index (κ3) is 4.78. The van der Waals surface area contributed by atoms with Gasteiger partial charge in [-0.2, -0.15) is 18.3 Å². The number of sulfone groups is 1. The Morgan fingerprint density at radius 2 is 1.81 bits per heavy atom. The maximum atomic E-state index is 14.2. The van der Waals surface area contributed by atoms with Gasteiger partial charge in [-0.15, -0.1) is 0 Å². The molecule has 0 aliphatic carbocycles. The van der Waals surface area contributed by atoms with Gasteiger partial charge in [0, 0.05) is 30.8 Å². The molecule has 1 saturated heterocycles. The third-order valence-electron chi connectivity index (χ3n) is 7.34. The Kier molecular flexibility index (Phi) is 6.41. The molecule has 1 amide bonds. The van der Waals surface area contributed by atoms with E-state index in [4.69, 9.17) is 0 Å². The van der Waals surface area contributed by atoms with Gasteiger partial charge in [0.1, 0.15) is 9.84 Å². The molecular weight excluding hydrogens is 507 g/mol. The largest absolute Gasteiger partial charge is 0.413 e. The molecule has 0 radical (unpaired) electrons. The average molecular weight is 536 g/mol. The average Bonchev–Trinajstić information content (AvgIpc) is 3.24. The Morgan fingerprint density at radius 1 is 1.14 bits per heavy atom. The number of carbonyl (C=O) groups is 1. The minimum Gasteiger partial charge on any atom is -0.339 e. The predicted octanol–water partition coefficient (Wildman–Crippen LogP) is 4.01. The van der Waals surface area contributed by atoms with Crippen LogP contribution in [0.25, 0.3) is 5.65 Å². The Balaban J connectivity index is 1.41. The van der Waals surface area contributed by atoms with E-state index in [9.17, 15) is 26.4 Å². The highest BCUT2D eigenvalue weighted by Gasteiger charge is 2.46. The number of hydrogen-bond donors (Lipinski definition) is 0. The first-order valence-electron chi connectivity index (χ1n) is 12.2. The monoisotopic (exact) mass is 535 g/mol. The van der Waals surface area contributed by atoms with Crippen molar-refractivity contribution >= 4 is 32.8 Å². The van der Waals surface area contributed by atoms with E-state index < -0.39 is 33.9 Å². The van der Waals surface area contributed by atoms with Gasteiger partial charge in [-0.3, -0.25) is 4.79 Å². The molecular formula is C25H28F3N5O3S. The maximum absolute atomic E-state index is 14.2. The van der Waals surface area contributed by atoms with Crippen LogP contribution in [-0.4, -0.2) is 65.1 Å². The van der Waals surface area contributed by atoms with Crippen molar-refractivity contribution in [2.24, 2.45) is 5.92 Å². The molecule has 12 heteroatoms. The lowest BCUT2D eigenvalue weighted by atomic mass is 9.98. The summed E-state index contributed by atoms with van der Waals surface area (Å²) in [6.45, 7) is 2.63. The summed E-state index contributed by atoms with van der Waals surface area (Å²) in [5, 5.41) is 4.44. The van der Waals surface area contributed by atoms with Gasteiger partial charge in [0.25, 0.3) is 0 Å². The fourth-order valence-corrected chi connectivity index (χ4v) is 6.85. The van der Waals surface area contributed by atoms with Gasteiger partial charge in [-0.25, -0.2) is 17.9 Å². The molecule has 4 heterocycles. The van der Waals surface area contributed by atoms with E-state index in [0.29, 0.717) is 11.4 Å². The summed E-state index contributed by atoms with van der Waals surface area (Å²) in [5.74, 6) is -1.79. The number of carbonyl (C=O) groups excluding carboxylic acids is 1. The SMILES string of the molecule is Cc1cnn2c3c(cnc12)N(c1ccc([C@H](N(C)C(=O)C2CCS(=O)(=O)CC2)C(F)(F)F)cc1)CCC3. The molecule has 0 bridgehead atoms. The van der Waals surface area contributed by atoms with Crippen molar-refractivity contribution < 1.29 is 26.4 Å². The first-order valence-corrected chi connectivity index (χ1v) is 14.0. The summed E-state index contributed by atoms with van der Waals surface area (Å²) in [5.41, 5.74) is 4.29. The molecule has 0 unspecified atom stereocenters. The van der Waals surface area contributed by atoms with E-state index in [0.717, 1.165) is 48.2 Å². The van der Waals surface area contributed by atoms with E-state index in [1.807, 2.05) is 16.3 Å². The number of halogens is 3. The van der Waals surface area contributed by atoms with Gasteiger partial charge in [0.05, 0.1) is 35.3 Å². The van der Waals surface area contributed by atoms with Gasteiger partial charge in [0.15, 0.2) is 11.7 Å². The Bertz CT molecular complexity index is 1420. The fourth-order valence-electron chi connectivity index (χ4n) is 5.36. The van der Waals surface area contributed by atoms with Crippen LogP contribution >= 0.6 is 0 Å². The van der Waals surface area contributed by atoms with E-state index in [1.54, 1.807) is 24.5 Å². The Morgan fingerprint density at radius 3 is 2.46 bits per heavy atom. The molecule has 1 fully saturated rings. The number of benzene rings is 1. The van der Waals surface area contributed by atoms with Crippen molar-refractivity contribution in [3.63, 3.8) is 0 Å². The number of nitrogens with zero attached hydrogens (tertiary/aromatic N) is 5. The van der Waals surface area contributed by atoms with Gasteiger partial charge in [-0.1, -0.05) is 12.1 Å². The number of fused-ring (bicyclic) bond motifs is 3. The lowest BCUT2D eigenvalue weighted by Gasteiger charge is -2.34. The second kappa shape index (κ2) is 9.30. The van der Waals surface area contributed by atoms with Crippen LogP contribution in [0.1, 0.15) is 42.1 Å². The van der Waals surface area contributed by atoms with Gasteiger partial charge in [0.2, 0.25) is 5.91 Å². The smallest absolute Gasteiger partial charge is 0.339 e. The predicted molar refractivity (Wildman–Crippen MR) is 132 cm³/mol. The highest BCUT2D eigenvalue weighted by molar-refractivity contribution is 7.91. The number of anilines is 2. The number of alkyl halides is 3. The van der Waals surface area contributed by atoms with Crippen LogP contribution < -0.4 is 4.90 Å². The van der Waals surface area contributed by atoms with Gasteiger partial charge >= 0.3 is 6.18 Å². The van der Waals surface area contributed by atoms with Crippen molar-refractivity contribution in [2.75, 3.05) is 30.0 Å². The summed E-state index contributed by atoms with van der Waals surface area (Å²) < 4.78 is 67.8. The number of rotatable bonds is 4. The minimum atomic E-state index is -4.70. The van der Waals surface area contributed by atoms with Crippen LogP contribution in [-0.2, 0) is 21.1 Å². The Labute approximate surface area is 213 Å². The molecule has 0 spiro atoms. The molecule has 2 aromatic heterocycles. The zero-order chi connectivity index (χ0) is 26.5. The number of amides is 1. The summed E-state index contributed by atoms with van der Waals surface area (Å²) in [7, 11) is -2.09. The summed E-state index contributed by atoms with van der Waals surface area (Å²) in [4.78, 5) is 20.2. The van der Waals surface area contributed by atoms with Gasteiger partial charge < -0.3 is 9.80 Å². The van der Waals surface area contributed by atoms with Crippen LogP contribution in [0.2, 0.25) is 0 Å². The quantitative estimate of drug-likeness (QED) is 0.502. The van der Waals surface area contributed by atoms with E-state index in [1.165, 1.54) is 12.1 Å². The van der Waals surface area contributed by atoms with Gasteiger partial charge in [-0.05, 0) is 50.3 Å². The molecule has 8 nitrogen and oxygen atoms in total. The van der Waals surface area contributed by atoms with Crippen LogP contribution in [0.5, 0.6) is 0 Å². The van der Waals surface area contributed by atoms with Crippen LogP contribution in [0.3, 0.4) is 0 Å². The minimum absolute atomic E-state index is 0.0421. The first-order chi connectivity index (χ1) is 17.5. The van der Waals surface area contributed by atoms with Crippen molar-refractivity contribution in [2.45, 2.75) is 44.8 Å². The molecule has 198 valence electrons. The second-order valence-corrected chi connectivity index (χ2v) is 12.1. The standard InChI is InChI=1S/C25H28F3N5O3S/c1-16-14-30-33-20-4-3-11-32(21(20)15-29-23(16)33)19-7-5-17(6-8-19)22(25(26,27)28)31(2)24(34)18-9-12-37(35,36)13-10-18/h5-8,14-15,18,22H,3-4,9-13H2,1-2H3/t22-/m0/s1. The van der Waals surface area contributed by atoms with E-state index in [2.05, 4.69) is 10.1 Å². The van der Waals surface area contributed by atoms with Crippen LogP contribution in [0, 0.1) is 12.8 Å². The van der Waals surface area contributed by atoms with Crippen molar-refractivity contribution in [3.05, 3.63) is 53.5 Å². The lowest BCUT2D eigenvalue weighted by Crippen LogP contribution is -2.44. The highest BCUT2D eigenvalue weighted by Crippen LogP contribution is 2.40. The molecule has 1 aromatic carbocycles. The number of aromatic nitrogens is 3. The highest BCUT2D eigenvalue weighted by atomic mass is 32.2. The van der Waals surface area contributed by atoms with E-state index in [-0.39, 0.29) is 29.9 Å². The number of aryl methyl sites for hydroxylation is 2. The molecule has 37 heavy (non-hydrogen) atoms. The lowest BCUT2D eigenvalue weighted by molar-refractivity contribution is -0.190. The molecule has 0 N–H and O–H groups in total. The molecule has 3 aromatic rings. The zero-order valence-electron chi connectivity index (χ0n) is 20.6. The summed E-state index contributed by atoms with van der Waals surface area (Å²) >= 11 is 0. The molecule has 2 aliphatic heterocycles. The topological polar surface area (TPSA) is 87.9 Å². The second-order valence-electron chi connectivity index (χ2n) is 9.82. The van der Waals surface area contributed by atoms with Crippen LogP contribution in [0.15, 0.2) is 36.7 Å². The first kappa shape index (κ1) is 25.5. The van der Waals surface area contributed by atoms with E-state index >= 15 is 0 Å². The van der Waals surface area contributed by atoms with Crippen LogP contribution in [0.4, 0.5) is 24.5 Å². The summed E-state index contributed by atoms with van der Waals surface area (Å²) in [6, 6.07) is 3.94. The zero-order valence-corrected chi connectivity index (χ0v) is 21.4. The normalized spacial score (nSPS) is 19.0. The molecule has 2 aliphatic rings. The molecule has 1 atom stereocenters. The molecule has 0 saturated carbocycles. The third-order valence-corrected chi connectivity index (χ3v) is 9.05. The maximum Gasteiger partial charge on any atom is 0.413 e. The fraction of sp³-hybridized carbons (Fsp3) is 0.480. The molecule has 5 rings (SSSR count).